The lowest BCUT2D eigenvalue weighted by molar-refractivity contribution is -0.145. The standard InChI is InChI=1S/C13H17NO3/c1-10-2-4-11(5-3-10)14-13(12(15)16)6-8-17-9-7-13/h2-5,14H,6-9H2,1H3,(H,15,16). The first-order chi connectivity index (χ1) is 8.12. The number of aliphatic carboxylic acids is 1. The Labute approximate surface area is 101 Å². The van der Waals surface area contributed by atoms with Gasteiger partial charge in [0.1, 0.15) is 5.54 Å². The third-order valence-corrected chi connectivity index (χ3v) is 3.19. The molecule has 1 fully saturated rings. The summed E-state index contributed by atoms with van der Waals surface area (Å²) in [6, 6.07) is 7.76. The number of benzene rings is 1. The average Bonchev–Trinajstić information content (AvgIpc) is 2.33. The summed E-state index contributed by atoms with van der Waals surface area (Å²) in [5.41, 5.74) is 1.12. The number of rotatable bonds is 3. The predicted molar refractivity (Wildman–Crippen MR) is 65.2 cm³/mol. The number of ether oxygens (including phenoxy) is 1. The van der Waals surface area contributed by atoms with Gasteiger partial charge in [-0.15, -0.1) is 0 Å². The van der Waals surface area contributed by atoms with Crippen LogP contribution in [0.2, 0.25) is 0 Å². The van der Waals surface area contributed by atoms with Crippen LogP contribution in [0.25, 0.3) is 0 Å². The molecule has 1 saturated heterocycles. The lowest BCUT2D eigenvalue weighted by Gasteiger charge is -2.34. The minimum atomic E-state index is -0.881. The van der Waals surface area contributed by atoms with E-state index in [-0.39, 0.29) is 0 Å². The van der Waals surface area contributed by atoms with Crippen LogP contribution in [0, 0.1) is 6.92 Å². The number of carboxylic acids is 1. The van der Waals surface area contributed by atoms with Crippen molar-refractivity contribution in [2.45, 2.75) is 25.3 Å². The molecule has 4 nitrogen and oxygen atoms in total. The van der Waals surface area contributed by atoms with Crippen molar-refractivity contribution in [3.8, 4) is 0 Å². The van der Waals surface area contributed by atoms with Gasteiger partial charge in [0.2, 0.25) is 0 Å². The molecule has 0 aromatic heterocycles. The summed E-state index contributed by atoms with van der Waals surface area (Å²) in [5.74, 6) is -0.804. The summed E-state index contributed by atoms with van der Waals surface area (Å²) < 4.78 is 5.23. The normalized spacial score (nSPS) is 18.6. The van der Waals surface area contributed by atoms with Crippen molar-refractivity contribution in [2.75, 3.05) is 18.5 Å². The van der Waals surface area contributed by atoms with Gasteiger partial charge in [-0.3, -0.25) is 0 Å². The zero-order chi connectivity index (χ0) is 12.3. The highest BCUT2D eigenvalue weighted by Gasteiger charge is 2.40. The van der Waals surface area contributed by atoms with Gasteiger partial charge in [0.05, 0.1) is 0 Å². The molecule has 1 aliphatic heterocycles. The number of carbonyl (C=O) groups is 1. The Morgan fingerprint density at radius 2 is 1.88 bits per heavy atom. The smallest absolute Gasteiger partial charge is 0.329 e. The molecule has 4 heteroatoms. The molecule has 1 heterocycles. The van der Waals surface area contributed by atoms with E-state index in [9.17, 15) is 9.90 Å². The Kier molecular flexibility index (Phi) is 3.33. The molecule has 0 radical (unpaired) electrons. The summed E-state index contributed by atoms with van der Waals surface area (Å²) in [7, 11) is 0. The van der Waals surface area contributed by atoms with Crippen molar-refractivity contribution >= 4 is 11.7 Å². The highest BCUT2D eigenvalue weighted by Crippen LogP contribution is 2.26. The first-order valence-corrected chi connectivity index (χ1v) is 5.78. The molecular formula is C13H17NO3. The van der Waals surface area contributed by atoms with Gasteiger partial charge in [0, 0.05) is 31.7 Å². The van der Waals surface area contributed by atoms with Gasteiger partial charge in [-0.1, -0.05) is 17.7 Å². The lowest BCUT2D eigenvalue weighted by Crippen LogP contribution is -2.50. The lowest BCUT2D eigenvalue weighted by atomic mass is 9.89. The summed E-state index contributed by atoms with van der Waals surface area (Å²) in [5, 5.41) is 12.5. The predicted octanol–water partition coefficient (Wildman–Crippen LogP) is 2.04. The number of hydrogen-bond acceptors (Lipinski definition) is 3. The minimum Gasteiger partial charge on any atom is -0.480 e. The molecule has 1 aromatic carbocycles. The number of nitrogens with one attached hydrogen (secondary N) is 1. The van der Waals surface area contributed by atoms with Gasteiger partial charge < -0.3 is 15.2 Å². The maximum atomic E-state index is 11.4. The van der Waals surface area contributed by atoms with Gasteiger partial charge in [-0.2, -0.15) is 0 Å². The van der Waals surface area contributed by atoms with Crippen LogP contribution < -0.4 is 5.32 Å². The van der Waals surface area contributed by atoms with Crippen molar-refractivity contribution < 1.29 is 14.6 Å². The van der Waals surface area contributed by atoms with Crippen LogP contribution in [0.15, 0.2) is 24.3 Å². The van der Waals surface area contributed by atoms with E-state index in [1.165, 1.54) is 0 Å². The topological polar surface area (TPSA) is 58.6 Å². The fraction of sp³-hybridized carbons (Fsp3) is 0.462. The zero-order valence-electron chi connectivity index (χ0n) is 9.90. The molecule has 0 aliphatic carbocycles. The van der Waals surface area contributed by atoms with E-state index in [4.69, 9.17) is 4.74 Å². The summed E-state index contributed by atoms with van der Waals surface area (Å²) in [6.07, 6.45) is 0.992. The molecular weight excluding hydrogens is 218 g/mol. The van der Waals surface area contributed by atoms with Crippen LogP contribution in [0.4, 0.5) is 5.69 Å². The van der Waals surface area contributed by atoms with E-state index in [2.05, 4.69) is 5.32 Å². The molecule has 0 bridgehead atoms. The van der Waals surface area contributed by atoms with E-state index < -0.39 is 11.5 Å². The Morgan fingerprint density at radius 1 is 1.29 bits per heavy atom. The molecule has 2 N–H and O–H groups in total. The largest absolute Gasteiger partial charge is 0.480 e. The Bertz CT molecular complexity index is 394. The molecule has 92 valence electrons. The first-order valence-electron chi connectivity index (χ1n) is 5.78. The van der Waals surface area contributed by atoms with Gasteiger partial charge in [0.15, 0.2) is 0 Å². The summed E-state index contributed by atoms with van der Waals surface area (Å²) in [4.78, 5) is 11.4. The van der Waals surface area contributed by atoms with E-state index in [1.54, 1.807) is 0 Å². The van der Waals surface area contributed by atoms with Crippen molar-refractivity contribution in [1.29, 1.82) is 0 Å². The number of carboxylic acid groups (broad SMARTS) is 1. The Hall–Kier alpha value is -1.55. The quantitative estimate of drug-likeness (QED) is 0.841. The molecule has 0 unspecified atom stereocenters. The molecule has 0 amide bonds. The minimum absolute atomic E-state index is 0.491. The fourth-order valence-corrected chi connectivity index (χ4v) is 2.03. The van der Waals surface area contributed by atoms with Gasteiger partial charge in [0.25, 0.3) is 0 Å². The van der Waals surface area contributed by atoms with Crippen LogP contribution >= 0.6 is 0 Å². The monoisotopic (exact) mass is 235 g/mol. The highest BCUT2D eigenvalue weighted by molar-refractivity contribution is 5.83. The highest BCUT2D eigenvalue weighted by atomic mass is 16.5. The van der Waals surface area contributed by atoms with Crippen molar-refractivity contribution in [3.05, 3.63) is 29.8 Å². The van der Waals surface area contributed by atoms with Gasteiger partial charge in [-0.05, 0) is 19.1 Å². The molecule has 0 spiro atoms. The number of hydrogen-bond donors (Lipinski definition) is 2. The maximum Gasteiger partial charge on any atom is 0.329 e. The molecule has 0 saturated carbocycles. The maximum absolute atomic E-state index is 11.4. The third kappa shape index (κ3) is 2.58. The number of aryl methyl sites for hydroxylation is 1. The van der Waals surface area contributed by atoms with E-state index >= 15 is 0 Å². The van der Waals surface area contributed by atoms with Crippen LogP contribution in [0.3, 0.4) is 0 Å². The van der Waals surface area contributed by atoms with Gasteiger partial charge >= 0.3 is 5.97 Å². The summed E-state index contributed by atoms with van der Waals surface area (Å²) in [6.45, 7) is 2.99. The van der Waals surface area contributed by atoms with Crippen LogP contribution in [0.5, 0.6) is 0 Å². The van der Waals surface area contributed by atoms with Crippen molar-refractivity contribution in [3.63, 3.8) is 0 Å². The SMILES string of the molecule is Cc1ccc(NC2(C(=O)O)CCOCC2)cc1. The van der Waals surface area contributed by atoms with Crippen molar-refractivity contribution in [1.82, 2.24) is 0 Å². The second kappa shape index (κ2) is 4.75. The second-order valence-corrected chi connectivity index (χ2v) is 4.49. The van der Waals surface area contributed by atoms with Crippen molar-refractivity contribution in [2.24, 2.45) is 0 Å². The fourth-order valence-electron chi connectivity index (χ4n) is 2.03. The molecule has 17 heavy (non-hydrogen) atoms. The van der Waals surface area contributed by atoms with Crippen LogP contribution in [-0.2, 0) is 9.53 Å². The third-order valence-electron chi connectivity index (χ3n) is 3.19. The van der Waals surface area contributed by atoms with Gasteiger partial charge in [-0.25, -0.2) is 4.79 Å². The van der Waals surface area contributed by atoms with E-state index in [0.717, 1.165) is 11.3 Å². The first kappa shape index (κ1) is 11.9. The number of anilines is 1. The summed E-state index contributed by atoms with van der Waals surface area (Å²) >= 11 is 0. The zero-order valence-corrected chi connectivity index (χ0v) is 9.90. The Morgan fingerprint density at radius 3 is 2.41 bits per heavy atom. The Balaban J connectivity index is 2.17. The second-order valence-electron chi connectivity index (χ2n) is 4.49. The van der Waals surface area contributed by atoms with Crippen LogP contribution in [0.1, 0.15) is 18.4 Å². The van der Waals surface area contributed by atoms with E-state index in [0.29, 0.717) is 26.1 Å². The molecule has 2 rings (SSSR count). The molecule has 1 aliphatic rings. The molecule has 0 atom stereocenters. The van der Waals surface area contributed by atoms with E-state index in [1.807, 2.05) is 31.2 Å². The van der Waals surface area contributed by atoms with Crippen LogP contribution in [-0.4, -0.2) is 29.8 Å². The molecule has 1 aromatic rings. The average molecular weight is 235 g/mol.